The van der Waals surface area contributed by atoms with Crippen molar-refractivity contribution in [3.63, 3.8) is 0 Å². The predicted octanol–water partition coefficient (Wildman–Crippen LogP) is 3.74. The summed E-state index contributed by atoms with van der Waals surface area (Å²) >= 11 is 1.50. The molecule has 0 radical (unpaired) electrons. The van der Waals surface area contributed by atoms with Crippen LogP contribution in [0.1, 0.15) is 22.7 Å². The molecule has 0 fully saturated rings. The fraction of sp³-hybridized carbons (Fsp3) is 0.250. The number of ether oxygens (including phenoxy) is 1. The molecule has 6 nitrogen and oxygen atoms in total. The number of nitrogens with zero attached hydrogens (tertiary/aromatic N) is 1. The van der Waals surface area contributed by atoms with Crippen LogP contribution >= 0.6 is 11.3 Å². The third-order valence-electron chi connectivity index (χ3n) is 4.16. The number of amides is 1. The van der Waals surface area contributed by atoms with Gasteiger partial charge in [-0.2, -0.15) is 0 Å². The first-order chi connectivity index (χ1) is 13.0. The molecule has 1 amide bonds. The highest BCUT2D eigenvalue weighted by atomic mass is 32.1. The number of hydrogen-bond acceptors (Lipinski definition) is 5. The van der Waals surface area contributed by atoms with Crippen molar-refractivity contribution in [2.24, 2.45) is 0 Å². The molecular formula is C20H21N3O3S. The van der Waals surface area contributed by atoms with Gasteiger partial charge in [-0.1, -0.05) is 18.7 Å². The number of carbonyl (C=O) groups excluding carboxylic acids is 1. The molecule has 3 rings (SSSR count). The number of fused-ring (bicyclic) bond motifs is 1. The molecule has 0 unspecified atom stereocenters. The van der Waals surface area contributed by atoms with Crippen LogP contribution in [-0.2, 0) is 11.2 Å². The number of aromatic amines is 1. The maximum absolute atomic E-state index is 12.3. The molecule has 3 aromatic rings. The lowest BCUT2D eigenvalue weighted by Gasteiger charge is -2.08. The zero-order chi connectivity index (χ0) is 19.4. The minimum atomic E-state index is -0.155. The molecule has 140 valence electrons. The van der Waals surface area contributed by atoms with Gasteiger partial charge in [0.05, 0.1) is 5.39 Å². The fourth-order valence-corrected chi connectivity index (χ4v) is 3.74. The SMILES string of the molecule is C=CCOc1cccc(NC(=O)CCc2nc3sc(C)c(C)c3c(=O)[nH]2)c1. The van der Waals surface area contributed by atoms with E-state index in [1.165, 1.54) is 11.3 Å². The van der Waals surface area contributed by atoms with Crippen LogP contribution in [0, 0.1) is 13.8 Å². The number of thiophene rings is 1. The zero-order valence-corrected chi connectivity index (χ0v) is 16.1. The highest BCUT2D eigenvalue weighted by molar-refractivity contribution is 7.18. The van der Waals surface area contributed by atoms with E-state index < -0.39 is 0 Å². The van der Waals surface area contributed by atoms with Crippen LogP contribution in [0.3, 0.4) is 0 Å². The van der Waals surface area contributed by atoms with Gasteiger partial charge in [0, 0.05) is 29.5 Å². The van der Waals surface area contributed by atoms with Gasteiger partial charge in [-0.15, -0.1) is 11.3 Å². The van der Waals surface area contributed by atoms with Crippen LogP contribution < -0.4 is 15.6 Å². The Morgan fingerprint density at radius 2 is 2.22 bits per heavy atom. The molecule has 0 aliphatic rings. The van der Waals surface area contributed by atoms with E-state index in [1.54, 1.807) is 18.2 Å². The molecule has 0 saturated carbocycles. The maximum atomic E-state index is 12.3. The summed E-state index contributed by atoms with van der Waals surface area (Å²) in [6.45, 7) is 7.90. The Bertz CT molecular complexity index is 1050. The van der Waals surface area contributed by atoms with E-state index in [4.69, 9.17) is 4.74 Å². The second-order valence-electron chi connectivity index (χ2n) is 6.15. The lowest BCUT2D eigenvalue weighted by molar-refractivity contribution is -0.116. The highest BCUT2D eigenvalue weighted by Crippen LogP contribution is 2.25. The second kappa shape index (κ2) is 8.18. The van der Waals surface area contributed by atoms with Crippen molar-refractivity contribution in [1.29, 1.82) is 0 Å². The maximum Gasteiger partial charge on any atom is 0.259 e. The molecular weight excluding hydrogens is 362 g/mol. The summed E-state index contributed by atoms with van der Waals surface area (Å²) in [7, 11) is 0. The van der Waals surface area contributed by atoms with E-state index >= 15 is 0 Å². The van der Waals surface area contributed by atoms with E-state index in [-0.39, 0.29) is 17.9 Å². The molecule has 7 heteroatoms. The summed E-state index contributed by atoms with van der Waals surface area (Å²) < 4.78 is 5.45. The number of nitrogens with one attached hydrogen (secondary N) is 2. The quantitative estimate of drug-likeness (QED) is 0.609. The lowest BCUT2D eigenvalue weighted by Crippen LogP contribution is -2.16. The first-order valence-corrected chi connectivity index (χ1v) is 9.42. The molecule has 2 N–H and O–H groups in total. The van der Waals surface area contributed by atoms with Gasteiger partial charge in [0.1, 0.15) is 23.0 Å². The van der Waals surface area contributed by atoms with Gasteiger partial charge >= 0.3 is 0 Å². The molecule has 2 heterocycles. The van der Waals surface area contributed by atoms with Crippen molar-refractivity contribution in [2.45, 2.75) is 26.7 Å². The van der Waals surface area contributed by atoms with Crippen molar-refractivity contribution in [2.75, 3.05) is 11.9 Å². The first-order valence-electron chi connectivity index (χ1n) is 8.60. The topological polar surface area (TPSA) is 84.1 Å². The molecule has 0 aliphatic carbocycles. The number of hydrogen-bond donors (Lipinski definition) is 2. The van der Waals surface area contributed by atoms with Crippen molar-refractivity contribution < 1.29 is 9.53 Å². The number of aromatic nitrogens is 2. The average Bonchev–Trinajstić information content (AvgIpc) is 2.93. The summed E-state index contributed by atoms with van der Waals surface area (Å²) in [5, 5.41) is 3.47. The van der Waals surface area contributed by atoms with E-state index in [9.17, 15) is 9.59 Å². The van der Waals surface area contributed by atoms with Crippen LogP contribution in [0.25, 0.3) is 10.2 Å². The van der Waals surface area contributed by atoms with Gasteiger partial charge in [0.15, 0.2) is 0 Å². The Hall–Kier alpha value is -2.93. The van der Waals surface area contributed by atoms with Crippen LogP contribution in [0.2, 0.25) is 0 Å². The van der Waals surface area contributed by atoms with Gasteiger partial charge in [-0.3, -0.25) is 9.59 Å². The molecule has 0 atom stereocenters. The minimum Gasteiger partial charge on any atom is -0.489 e. The summed E-state index contributed by atoms with van der Waals surface area (Å²) in [6.07, 6.45) is 2.24. The first kappa shape index (κ1) is 18.8. The number of rotatable bonds is 7. The summed E-state index contributed by atoms with van der Waals surface area (Å²) in [6, 6.07) is 7.17. The monoisotopic (exact) mass is 383 g/mol. The third-order valence-corrected chi connectivity index (χ3v) is 5.26. The van der Waals surface area contributed by atoms with E-state index in [0.29, 0.717) is 35.7 Å². The number of H-pyrrole nitrogens is 1. The van der Waals surface area contributed by atoms with Crippen LogP contribution in [0.5, 0.6) is 5.75 Å². The van der Waals surface area contributed by atoms with Crippen LogP contribution in [-0.4, -0.2) is 22.5 Å². The van der Waals surface area contributed by atoms with Gasteiger partial charge in [-0.05, 0) is 31.5 Å². The number of anilines is 1. The van der Waals surface area contributed by atoms with E-state index in [0.717, 1.165) is 15.3 Å². The van der Waals surface area contributed by atoms with Crippen molar-refractivity contribution in [3.8, 4) is 5.75 Å². The highest BCUT2D eigenvalue weighted by Gasteiger charge is 2.12. The molecule has 0 bridgehead atoms. The molecule has 2 aromatic heterocycles. The predicted molar refractivity (Wildman–Crippen MR) is 109 cm³/mol. The number of benzene rings is 1. The number of aryl methyl sites for hydroxylation is 3. The van der Waals surface area contributed by atoms with Gasteiger partial charge in [-0.25, -0.2) is 4.98 Å². The number of carbonyl (C=O) groups is 1. The van der Waals surface area contributed by atoms with Crippen molar-refractivity contribution >= 4 is 33.1 Å². The second-order valence-corrected chi connectivity index (χ2v) is 7.35. The van der Waals surface area contributed by atoms with Crippen LogP contribution in [0.15, 0.2) is 41.7 Å². The van der Waals surface area contributed by atoms with E-state index in [2.05, 4.69) is 21.9 Å². The Kier molecular flexibility index (Phi) is 5.71. The summed E-state index contributed by atoms with van der Waals surface area (Å²) in [5.74, 6) is 1.02. The Morgan fingerprint density at radius 1 is 1.41 bits per heavy atom. The summed E-state index contributed by atoms with van der Waals surface area (Å²) in [5.41, 5.74) is 1.47. The average molecular weight is 383 g/mol. The third kappa shape index (κ3) is 4.43. The molecule has 1 aromatic carbocycles. The Morgan fingerprint density at radius 3 is 3.00 bits per heavy atom. The van der Waals surface area contributed by atoms with Gasteiger partial charge < -0.3 is 15.0 Å². The lowest BCUT2D eigenvalue weighted by atomic mass is 10.2. The Labute approximate surface area is 160 Å². The van der Waals surface area contributed by atoms with E-state index in [1.807, 2.05) is 26.0 Å². The molecule has 0 aliphatic heterocycles. The van der Waals surface area contributed by atoms with Crippen molar-refractivity contribution in [1.82, 2.24) is 9.97 Å². The van der Waals surface area contributed by atoms with Gasteiger partial charge in [0.25, 0.3) is 5.56 Å². The molecule has 27 heavy (non-hydrogen) atoms. The standard InChI is InChI=1S/C20H21N3O3S/c1-4-10-26-15-7-5-6-14(11-15)21-17(24)9-8-16-22-19(25)18-12(2)13(3)27-20(18)23-16/h4-7,11H,1,8-10H2,2-3H3,(H,21,24)(H,22,23,25). The van der Waals surface area contributed by atoms with Gasteiger partial charge in [0.2, 0.25) is 5.91 Å². The summed E-state index contributed by atoms with van der Waals surface area (Å²) in [4.78, 5) is 33.6. The molecule has 0 spiro atoms. The largest absolute Gasteiger partial charge is 0.489 e. The molecule has 0 saturated heterocycles. The normalized spacial score (nSPS) is 10.7. The smallest absolute Gasteiger partial charge is 0.259 e. The van der Waals surface area contributed by atoms with Crippen LogP contribution in [0.4, 0.5) is 5.69 Å². The fourth-order valence-electron chi connectivity index (χ4n) is 2.69. The van der Waals surface area contributed by atoms with Crippen molar-refractivity contribution in [3.05, 3.63) is 63.5 Å². The minimum absolute atomic E-state index is 0.149. The zero-order valence-electron chi connectivity index (χ0n) is 15.3. The Balaban J connectivity index is 1.65.